The number of amides is 1. The molecule has 0 radical (unpaired) electrons. The Balaban J connectivity index is 1.87. The third-order valence-corrected chi connectivity index (χ3v) is 2.69. The quantitative estimate of drug-likeness (QED) is 0.801. The van der Waals surface area contributed by atoms with Crippen LogP contribution in [0.2, 0.25) is 0 Å². The van der Waals surface area contributed by atoms with Crippen LogP contribution >= 0.6 is 0 Å². The van der Waals surface area contributed by atoms with E-state index in [-0.39, 0.29) is 18.9 Å². The number of aromatic nitrogens is 1. The molecule has 17 heavy (non-hydrogen) atoms. The van der Waals surface area contributed by atoms with Crippen molar-refractivity contribution in [2.24, 2.45) is 0 Å². The summed E-state index contributed by atoms with van der Waals surface area (Å²) in [7, 11) is 0. The number of hydrogen-bond acceptors (Lipinski definition) is 3. The Labute approximate surface area is 98.9 Å². The smallest absolute Gasteiger partial charge is 0.305 e. The third kappa shape index (κ3) is 3.27. The summed E-state index contributed by atoms with van der Waals surface area (Å²) in [5.74, 6) is -0.637. The van der Waals surface area contributed by atoms with Crippen LogP contribution < -0.4 is 5.32 Å². The molecule has 1 aromatic heterocycles. The number of carbonyl (C=O) groups is 2. The second kappa shape index (κ2) is 4.95. The molecule has 1 aliphatic carbocycles. The van der Waals surface area contributed by atoms with Gasteiger partial charge in [0.1, 0.15) is 5.69 Å². The molecule has 1 amide bonds. The Morgan fingerprint density at radius 1 is 1.41 bits per heavy atom. The summed E-state index contributed by atoms with van der Waals surface area (Å²) in [4.78, 5) is 25.9. The van der Waals surface area contributed by atoms with E-state index in [0.717, 1.165) is 0 Å². The van der Waals surface area contributed by atoms with Gasteiger partial charge in [0.25, 0.3) is 5.91 Å². The van der Waals surface area contributed by atoms with Crippen LogP contribution in [0.3, 0.4) is 0 Å². The van der Waals surface area contributed by atoms with E-state index in [0.29, 0.717) is 11.6 Å². The van der Waals surface area contributed by atoms with Gasteiger partial charge in [-0.25, -0.2) is 0 Å². The molecule has 0 aliphatic heterocycles. The zero-order valence-corrected chi connectivity index (χ0v) is 9.35. The number of aliphatic carboxylic acids is 1. The molecule has 1 aliphatic rings. The van der Waals surface area contributed by atoms with Crippen LogP contribution in [0.5, 0.6) is 0 Å². The summed E-state index contributed by atoms with van der Waals surface area (Å²) >= 11 is 0. The number of carboxylic acids is 1. The van der Waals surface area contributed by atoms with E-state index >= 15 is 0 Å². The molecule has 1 heterocycles. The first-order chi connectivity index (χ1) is 8.16. The first-order valence-electron chi connectivity index (χ1n) is 5.63. The molecule has 90 valence electrons. The lowest BCUT2D eigenvalue weighted by Gasteiger charge is -2.03. The Hall–Kier alpha value is -1.91. The zero-order chi connectivity index (χ0) is 12.3. The number of rotatable bonds is 5. The molecule has 1 saturated carbocycles. The van der Waals surface area contributed by atoms with Crippen LogP contribution in [0.15, 0.2) is 18.3 Å². The van der Waals surface area contributed by atoms with Gasteiger partial charge in [-0.2, -0.15) is 0 Å². The van der Waals surface area contributed by atoms with Gasteiger partial charge in [0, 0.05) is 12.7 Å². The molecule has 0 atom stereocenters. The molecule has 5 nitrogen and oxygen atoms in total. The maximum absolute atomic E-state index is 11.6. The maximum Gasteiger partial charge on any atom is 0.305 e. The Morgan fingerprint density at radius 3 is 2.71 bits per heavy atom. The molecular formula is C12H14N2O3. The van der Waals surface area contributed by atoms with Crippen molar-refractivity contribution < 1.29 is 14.7 Å². The van der Waals surface area contributed by atoms with Gasteiger partial charge in [-0.15, -0.1) is 0 Å². The number of carbonyl (C=O) groups excluding carboxylic acids is 1. The van der Waals surface area contributed by atoms with Gasteiger partial charge in [-0.3, -0.25) is 14.6 Å². The lowest BCUT2D eigenvalue weighted by molar-refractivity contribution is -0.136. The van der Waals surface area contributed by atoms with E-state index in [4.69, 9.17) is 5.11 Å². The lowest BCUT2D eigenvalue weighted by atomic mass is 10.2. The highest BCUT2D eigenvalue weighted by atomic mass is 16.4. The van der Waals surface area contributed by atoms with Gasteiger partial charge in [-0.05, 0) is 30.4 Å². The standard InChI is InChI=1S/C12H14N2O3/c15-11(16)5-6-13-12(17)10-4-3-9(7-14-10)8-1-2-8/h3-4,7-8H,1-2,5-6H2,(H,13,17)(H,15,16). The van der Waals surface area contributed by atoms with Crippen molar-refractivity contribution in [1.29, 1.82) is 0 Å². The molecule has 0 unspecified atom stereocenters. The van der Waals surface area contributed by atoms with Crippen LogP contribution in [0.1, 0.15) is 41.2 Å². The van der Waals surface area contributed by atoms with E-state index in [1.807, 2.05) is 6.07 Å². The first kappa shape index (κ1) is 11.6. The van der Waals surface area contributed by atoms with E-state index in [1.54, 1.807) is 12.3 Å². The predicted molar refractivity (Wildman–Crippen MR) is 60.8 cm³/mol. The molecule has 5 heteroatoms. The van der Waals surface area contributed by atoms with E-state index in [1.165, 1.54) is 18.4 Å². The Kier molecular flexibility index (Phi) is 3.37. The van der Waals surface area contributed by atoms with Crippen LogP contribution in [-0.4, -0.2) is 28.5 Å². The molecule has 1 fully saturated rings. The molecule has 0 bridgehead atoms. The van der Waals surface area contributed by atoms with Crippen molar-refractivity contribution in [2.45, 2.75) is 25.2 Å². The van der Waals surface area contributed by atoms with Gasteiger partial charge >= 0.3 is 5.97 Å². The van der Waals surface area contributed by atoms with Crippen LogP contribution in [0.25, 0.3) is 0 Å². The van der Waals surface area contributed by atoms with Crippen LogP contribution in [0, 0.1) is 0 Å². The van der Waals surface area contributed by atoms with Gasteiger partial charge in [-0.1, -0.05) is 6.07 Å². The summed E-state index contributed by atoms with van der Waals surface area (Å²) < 4.78 is 0. The fourth-order valence-electron chi connectivity index (χ4n) is 1.57. The first-order valence-corrected chi connectivity index (χ1v) is 5.63. The van der Waals surface area contributed by atoms with Crippen molar-refractivity contribution in [3.8, 4) is 0 Å². The summed E-state index contributed by atoms with van der Waals surface area (Å²) in [5, 5.41) is 10.9. The minimum absolute atomic E-state index is 0.0775. The third-order valence-electron chi connectivity index (χ3n) is 2.69. The van der Waals surface area contributed by atoms with Gasteiger partial charge in [0.05, 0.1) is 6.42 Å². The SMILES string of the molecule is O=C(O)CCNC(=O)c1ccc(C2CC2)cn1. The second-order valence-electron chi connectivity index (χ2n) is 4.15. The Bertz CT molecular complexity index is 424. The Morgan fingerprint density at radius 2 is 2.18 bits per heavy atom. The normalized spacial score (nSPS) is 14.4. The van der Waals surface area contributed by atoms with Crippen LogP contribution in [-0.2, 0) is 4.79 Å². The highest BCUT2D eigenvalue weighted by molar-refractivity contribution is 5.92. The molecule has 1 aromatic rings. The van der Waals surface area contributed by atoms with E-state index < -0.39 is 5.97 Å². The van der Waals surface area contributed by atoms with Crippen molar-refractivity contribution >= 4 is 11.9 Å². The highest BCUT2D eigenvalue weighted by Crippen LogP contribution is 2.39. The molecular weight excluding hydrogens is 220 g/mol. The van der Waals surface area contributed by atoms with E-state index in [2.05, 4.69) is 10.3 Å². The predicted octanol–water partition coefficient (Wildman–Crippen LogP) is 1.16. The van der Waals surface area contributed by atoms with Crippen molar-refractivity contribution in [3.63, 3.8) is 0 Å². The minimum atomic E-state index is -0.928. The summed E-state index contributed by atoms with van der Waals surface area (Å²) in [6.07, 6.45) is 4.05. The van der Waals surface area contributed by atoms with Crippen molar-refractivity contribution in [1.82, 2.24) is 10.3 Å². The maximum atomic E-state index is 11.6. The average molecular weight is 234 g/mol. The highest BCUT2D eigenvalue weighted by Gasteiger charge is 2.23. The van der Waals surface area contributed by atoms with Gasteiger partial charge in [0.15, 0.2) is 0 Å². The minimum Gasteiger partial charge on any atom is -0.481 e. The fraction of sp³-hybridized carbons (Fsp3) is 0.417. The molecule has 0 aromatic carbocycles. The van der Waals surface area contributed by atoms with E-state index in [9.17, 15) is 9.59 Å². The largest absolute Gasteiger partial charge is 0.481 e. The summed E-state index contributed by atoms with van der Waals surface area (Å²) in [6, 6.07) is 3.60. The fourth-order valence-corrected chi connectivity index (χ4v) is 1.57. The zero-order valence-electron chi connectivity index (χ0n) is 9.35. The number of carboxylic acid groups (broad SMARTS) is 1. The molecule has 0 spiro atoms. The lowest BCUT2D eigenvalue weighted by Crippen LogP contribution is -2.26. The molecule has 2 rings (SSSR count). The van der Waals surface area contributed by atoms with Gasteiger partial charge in [0.2, 0.25) is 0 Å². The second-order valence-corrected chi connectivity index (χ2v) is 4.15. The van der Waals surface area contributed by atoms with Crippen LogP contribution in [0.4, 0.5) is 0 Å². The molecule has 2 N–H and O–H groups in total. The number of pyridine rings is 1. The monoisotopic (exact) mass is 234 g/mol. The topological polar surface area (TPSA) is 79.3 Å². The number of hydrogen-bond donors (Lipinski definition) is 2. The summed E-state index contributed by atoms with van der Waals surface area (Å²) in [5.41, 5.74) is 1.51. The molecule has 0 saturated heterocycles. The van der Waals surface area contributed by atoms with Crippen molar-refractivity contribution in [3.05, 3.63) is 29.6 Å². The summed E-state index contributed by atoms with van der Waals surface area (Å²) in [6.45, 7) is 0.125. The number of nitrogens with zero attached hydrogens (tertiary/aromatic N) is 1. The van der Waals surface area contributed by atoms with Crippen molar-refractivity contribution in [2.75, 3.05) is 6.54 Å². The number of nitrogens with one attached hydrogen (secondary N) is 1. The average Bonchev–Trinajstić information content (AvgIpc) is 3.12. The van der Waals surface area contributed by atoms with Gasteiger partial charge < -0.3 is 10.4 Å².